The fourth-order valence-electron chi connectivity index (χ4n) is 1.31. The van der Waals surface area contributed by atoms with E-state index in [9.17, 15) is 8.78 Å². The van der Waals surface area contributed by atoms with Crippen molar-refractivity contribution in [2.24, 2.45) is 5.10 Å². The molecule has 1 rings (SSSR count). The lowest BCUT2D eigenvalue weighted by molar-refractivity contribution is 0.179. The molecule has 1 aromatic carbocycles. The van der Waals surface area contributed by atoms with E-state index in [1.165, 1.54) is 12.3 Å². The average Bonchev–Trinajstić information content (AvgIpc) is 2.32. The smallest absolute Gasteiger partial charge is 0.187 e. The van der Waals surface area contributed by atoms with E-state index < -0.39 is 11.6 Å². The van der Waals surface area contributed by atoms with Crippen LogP contribution in [0, 0.1) is 11.6 Å². The summed E-state index contributed by atoms with van der Waals surface area (Å²) in [5.74, 6) is -1.31. The minimum Gasteiger partial charge on any atom is -0.383 e. The van der Waals surface area contributed by atoms with E-state index in [1.54, 1.807) is 7.11 Å². The molecule has 0 heterocycles. The second-order valence-electron chi connectivity index (χ2n) is 3.87. The summed E-state index contributed by atoms with van der Waals surface area (Å²) in [4.78, 5) is 0. The van der Waals surface area contributed by atoms with E-state index in [0.717, 1.165) is 12.1 Å². The zero-order valence-corrected chi connectivity index (χ0v) is 11.4. The van der Waals surface area contributed by atoms with Crippen molar-refractivity contribution < 1.29 is 13.5 Å². The van der Waals surface area contributed by atoms with Crippen molar-refractivity contribution in [2.75, 3.05) is 13.7 Å². The molecule has 0 amide bonds. The third-order valence-electron chi connectivity index (χ3n) is 2.13. The number of rotatable bonds is 5. The predicted molar refractivity (Wildman–Crippen MR) is 74.2 cm³/mol. The van der Waals surface area contributed by atoms with Crippen molar-refractivity contribution in [2.45, 2.75) is 13.0 Å². The highest BCUT2D eigenvalue weighted by molar-refractivity contribution is 7.80. The first kappa shape index (κ1) is 15.5. The normalized spacial score (nSPS) is 12.4. The Morgan fingerprint density at radius 1 is 1.53 bits per heavy atom. The number of halogens is 2. The van der Waals surface area contributed by atoms with Crippen LogP contribution in [0.3, 0.4) is 0 Å². The van der Waals surface area contributed by atoms with Crippen LogP contribution >= 0.6 is 12.2 Å². The van der Waals surface area contributed by atoms with Crippen molar-refractivity contribution in [1.82, 2.24) is 10.7 Å². The summed E-state index contributed by atoms with van der Waals surface area (Å²) in [6.45, 7) is 2.39. The van der Waals surface area contributed by atoms with Gasteiger partial charge in [0.1, 0.15) is 11.6 Å². The van der Waals surface area contributed by atoms with Gasteiger partial charge < -0.3 is 10.1 Å². The highest BCUT2D eigenvalue weighted by Gasteiger charge is 2.03. The number of nitrogens with one attached hydrogen (secondary N) is 2. The summed E-state index contributed by atoms with van der Waals surface area (Å²) in [5.41, 5.74) is 2.70. The fourth-order valence-corrected chi connectivity index (χ4v) is 1.57. The Morgan fingerprint density at radius 2 is 2.26 bits per heavy atom. The SMILES string of the molecule is COC[C@H](C)NC(=S)N/N=C\c1ccc(F)cc1F. The van der Waals surface area contributed by atoms with Gasteiger partial charge in [-0.15, -0.1) is 0 Å². The molecule has 19 heavy (non-hydrogen) atoms. The Kier molecular flexibility index (Phi) is 6.31. The van der Waals surface area contributed by atoms with Crippen LogP contribution < -0.4 is 10.7 Å². The lowest BCUT2D eigenvalue weighted by Gasteiger charge is -2.13. The summed E-state index contributed by atoms with van der Waals surface area (Å²) in [7, 11) is 1.59. The second-order valence-corrected chi connectivity index (χ2v) is 4.27. The molecule has 0 aromatic heterocycles. The molecular weight excluding hydrogens is 272 g/mol. The number of hydrogen-bond acceptors (Lipinski definition) is 3. The summed E-state index contributed by atoms with van der Waals surface area (Å²) in [6, 6.07) is 3.27. The van der Waals surface area contributed by atoms with Crippen molar-refractivity contribution in [3.63, 3.8) is 0 Å². The van der Waals surface area contributed by atoms with Crippen LogP contribution in [-0.4, -0.2) is 31.1 Å². The maximum atomic E-state index is 13.3. The standard InChI is InChI=1S/C12H15F2N3OS/c1-8(7-18-2)16-12(19)17-15-6-9-3-4-10(13)5-11(9)14/h3-6,8H,7H2,1-2H3,(H2,16,17,19)/b15-6-/t8-/m0/s1. The van der Waals surface area contributed by atoms with Gasteiger partial charge >= 0.3 is 0 Å². The summed E-state index contributed by atoms with van der Waals surface area (Å²) in [5, 5.41) is 6.98. The number of hydrogen-bond donors (Lipinski definition) is 2. The highest BCUT2D eigenvalue weighted by Crippen LogP contribution is 2.06. The van der Waals surface area contributed by atoms with Gasteiger partial charge in [-0.2, -0.15) is 5.10 Å². The van der Waals surface area contributed by atoms with Gasteiger partial charge in [-0.1, -0.05) is 0 Å². The first-order valence-corrected chi connectivity index (χ1v) is 5.97. The van der Waals surface area contributed by atoms with Gasteiger partial charge in [0.05, 0.1) is 12.8 Å². The Bertz CT molecular complexity index is 468. The van der Waals surface area contributed by atoms with Gasteiger partial charge in [-0.3, -0.25) is 5.43 Å². The maximum absolute atomic E-state index is 13.3. The molecule has 0 radical (unpaired) electrons. The molecule has 0 saturated heterocycles. The Hall–Kier alpha value is -1.60. The molecule has 0 aliphatic rings. The minimum atomic E-state index is -0.683. The molecule has 0 aliphatic heterocycles. The molecule has 0 aliphatic carbocycles. The van der Waals surface area contributed by atoms with Gasteiger partial charge in [0.25, 0.3) is 0 Å². The second kappa shape index (κ2) is 7.75. The zero-order valence-electron chi connectivity index (χ0n) is 10.6. The maximum Gasteiger partial charge on any atom is 0.187 e. The van der Waals surface area contributed by atoms with E-state index in [0.29, 0.717) is 11.7 Å². The van der Waals surface area contributed by atoms with Crippen LogP contribution in [0.15, 0.2) is 23.3 Å². The van der Waals surface area contributed by atoms with Gasteiger partial charge in [0.2, 0.25) is 0 Å². The Morgan fingerprint density at radius 3 is 2.89 bits per heavy atom. The Labute approximate surface area is 115 Å². The molecule has 4 nitrogen and oxygen atoms in total. The van der Waals surface area contributed by atoms with E-state index in [4.69, 9.17) is 17.0 Å². The van der Waals surface area contributed by atoms with Crippen molar-refractivity contribution >= 4 is 23.5 Å². The first-order chi connectivity index (χ1) is 9.02. The van der Waals surface area contributed by atoms with E-state index >= 15 is 0 Å². The summed E-state index contributed by atoms with van der Waals surface area (Å²) >= 11 is 4.97. The lowest BCUT2D eigenvalue weighted by Crippen LogP contribution is -2.40. The van der Waals surface area contributed by atoms with Crippen LogP contribution in [0.5, 0.6) is 0 Å². The fraction of sp³-hybridized carbons (Fsp3) is 0.333. The average molecular weight is 287 g/mol. The first-order valence-electron chi connectivity index (χ1n) is 5.56. The van der Waals surface area contributed by atoms with Gasteiger partial charge in [0, 0.05) is 24.8 Å². The molecule has 0 bridgehead atoms. The van der Waals surface area contributed by atoms with Crippen LogP contribution in [-0.2, 0) is 4.74 Å². The third kappa shape index (κ3) is 5.71. The number of nitrogens with zero attached hydrogens (tertiary/aromatic N) is 1. The van der Waals surface area contributed by atoms with Gasteiger partial charge in [-0.05, 0) is 31.3 Å². The topological polar surface area (TPSA) is 45.6 Å². The summed E-state index contributed by atoms with van der Waals surface area (Å²) < 4.78 is 30.9. The number of thiocarbonyl (C=S) groups is 1. The van der Waals surface area contributed by atoms with Gasteiger partial charge in [0.15, 0.2) is 5.11 Å². The number of ether oxygens (including phenoxy) is 1. The molecule has 1 atom stereocenters. The van der Waals surface area contributed by atoms with Gasteiger partial charge in [-0.25, -0.2) is 8.78 Å². The number of benzene rings is 1. The molecular formula is C12H15F2N3OS. The molecule has 0 spiro atoms. The molecule has 7 heteroatoms. The van der Waals surface area contributed by atoms with E-state index in [1.807, 2.05) is 6.92 Å². The quantitative estimate of drug-likeness (QED) is 0.492. The molecule has 104 valence electrons. The molecule has 2 N–H and O–H groups in total. The monoisotopic (exact) mass is 287 g/mol. The van der Waals surface area contributed by atoms with Crippen LogP contribution in [0.25, 0.3) is 0 Å². The molecule has 0 saturated carbocycles. The zero-order chi connectivity index (χ0) is 14.3. The van der Waals surface area contributed by atoms with Crippen LogP contribution in [0.2, 0.25) is 0 Å². The summed E-state index contributed by atoms with van der Waals surface area (Å²) in [6.07, 6.45) is 1.23. The largest absolute Gasteiger partial charge is 0.383 e. The molecule has 0 fully saturated rings. The highest BCUT2D eigenvalue weighted by atomic mass is 32.1. The molecule has 1 aromatic rings. The third-order valence-corrected chi connectivity index (χ3v) is 2.34. The van der Waals surface area contributed by atoms with E-state index in [-0.39, 0.29) is 11.6 Å². The van der Waals surface area contributed by atoms with Crippen LogP contribution in [0.4, 0.5) is 8.78 Å². The number of methoxy groups -OCH3 is 1. The van der Waals surface area contributed by atoms with Crippen LogP contribution in [0.1, 0.15) is 12.5 Å². The minimum absolute atomic E-state index is 0.0303. The molecule has 0 unspecified atom stereocenters. The lowest BCUT2D eigenvalue weighted by atomic mass is 10.2. The van der Waals surface area contributed by atoms with E-state index in [2.05, 4.69) is 15.8 Å². The predicted octanol–water partition coefficient (Wildman–Crippen LogP) is 1.80. The number of hydrazone groups is 1. The Balaban J connectivity index is 2.47. The van der Waals surface area contributed by atoms with Crippen molar-refractivity contribution in [3.05, 3.63) is 35.4 Å². The van der Waals surface area contributed by atoms with Crippen molar-refractivity contribution in [1.29, 1.82) is 0 Å². The van der Waals surface area contributed by atoms with Crippen molar-refractivity contribution in [3.8, 4) is 0 Å².